The molecule has 0 fully saturated rings. The Morgan fingerprint density at radius 2 is 2.00 bits per heavy atom. The Bertz CT molecular complexity index is 325. The van der Waals surface area contributed by atoms with Crippen LogP contribution < -0.4 is 11.3 Å². The molecular formula is C11H16N2O3. The number of hydrazine groups is 1. The first-order valence-corrected chi connectivity index (χ1v) is 4.94. The van der Waals surface area contributed by atoms with Gasteiger partial charge in [-0.15, -0.1) is 0 Å². The summed E-state index contributed by atoms with van der Waals surface area (Å²) >= 11 is 0. The molecule has 5 nitrogen and oxygen atoms in total. The lowest BCUT2D eigenvalue weighted by Crippen LogP contribution is -2.29. The molecule has 88 valence electrons. The second-order valence-corrected chi connectivity index (χ2v) is 3.22. The molecule has 0 saturated heterocycles. The highest BCUT2D eigenvalue weighted by Gasteiger charge is 2.02. The summed E-state index contributed by atoms with van der Waals surface area (Å²) in [6.45, 7) is 1.64. The van der Waals surface area contributed by atoms with Crippen LogP contribution in [-0.4, -0.2) is 26.2 Å². The van der Waals surface area contributed by atoms with Crippen LogP contribution >= 0.6 is 0 Å². The zero-order valence-corrected chi connectivity index (χ0v) is 9.23. The van der Waals surface area contributed by atoms with Crippen LogP contribution in [0.2, 0.25) is 0 Å². The van der Waals surface area contributed by atoms with E-state index in [-0.39, 0.29) is 5.91 Å². The molecule has 1 aromatic carbocycles. The van der Waals surface area contributed by atoms with E-state index < -0.39 is 0 Å². The van der Waals surface area contributed by atoms with Gasteiger partial charge in [-0.3, -0.25) is 10.2 Å². The molecule has 1 aromatic rings. The van der Waals surface area contributed by atoms with Crippen LogP contribution in [0, 0.1) is 0 Å². The van der Waals surface area contributed by atoms with E-state index in [9.17, 15) is 4.79 Å². The average molecular weight is 224 g/mol. The summed E-state index contributed by atoms with van der Waals surface area (Å²) in [6.07, 6.45) is 0. The van der Waals surface area contributed by atoms with Crippen LogP contribution in [0.1, 0.15) is 15.9 Å². The van der Waals surface area contributed by atoms with Crippen molar-refractivity contribution >= 4 is 5.91 Å². The van der Waals surface area contributed by atoms with E-state index in [1.54, 1.807) is 19.2 Å². The minimum Gasteiger partial charge on any atom is -0.382 e. The Hall–Kier alpha value is -1.43. The van der Waals surface area contributed by atoms with E-state index in [1.165, 1.54) is 0 Å². The molecule has 0 aromatic heterocycles. The largest absolute Gasteiger partial charge is 0.382 e. The number of carbonyl (C=O) groups excluding carboxylic acids is 1. The first-order valence-electron chi connectivity index (χ1n) is 4.94. The van der Waals surface area contributed by atoms with Crippen molar-refractivity contribution in [2.24, 2.45) is 5.84 Å². The quantitative estimate of drug-likeness (QED) is 0.318. The summed E-state index contributed by atoms with van der Waals surface area (Å²) < 4.78 is 10.2. The van der Waals surface area contributed by atoms with Gasteiger partial charge in [0.2, 0.25) is 0 Å². The normalized spacial score (nSPS) is 10.1. The van der Waals surface area contributed by atoms with Gasteiger partial charge in [0.15, 0.2) is 0 Å². The topological polar surface area (TPSA) is 73.6 Å². The fraction of sp³-hybridized carbons (Fsp3) is 0.364. The Balaban J connectivity index is 2.42. The zero-order valence-electron chi connectivity index (χ0n) is 9.23. The van der Waals surface area contributed by atoms with Crippen molar-refractivity contribution in [2.45, 2.75) is 6.61 Å². The lowest BCUT2D eigenvalue weighted by Gasteiger charge is -2.04. The van der Waals surface area contributed by atoms with Crippen LogP contribution in [0.4, 0.5) is 0 Å². The number of carbonyl (C=O) groups is 1. The number of hydrogen-bond acceptors (Lipinski definition) is 4. The van der Waals surface area contributed by atoms with E-state index in [0.717, 1.165) is 5.56 Å². The molecule has 1 rings (SSSR count). The molecule has 0 radical (unpaired) electrons. The molecule has 16 heavy (non-hydrogen) atoms. The van der Waals surface area contributed by atoms with E-state index in [4.69, 9.17) is 15.3 Å². The van der Waals surface area contributed by atoms with Crippen molar-refractivity contribution < 1.29 is 14.3 Å². The van der Waals surface area contributed by atoms with Gasteiger partial charge in [0.05, 0.1) is 19.8 Å². The van der Waals surface area contributed by atoms with Gasteiger partial charge in [-0.05, 0) is 17.7 Å². The van der Waals surface area contributed by atoms with Crippen LogP contribution in [0.5, 0.6) is 0 Å². The van der Waals surface area contributed by atoms with Gasteiger partial charge in [0.25, 0.3) is 5.91 Å². The number of nitrogen functional groups attached to an aromatic ring is 1. The number of methoxy groups -OCH3 is 1. The second-order valence-electron chi connectivity index (χ2n) is 3.22. The summed E-state index contributed by atoms with van der Waals surface area (Å²) in [6, 6.07) is 7.07. The lowest BCUT2D eigenvalue weighted by molar-refractivity contribution is 0.0616. The van der Waals surface area contributed by atoms with Crippen molar-refractivity contribution in [3.05, 3.63) is 35.4 Å². The second kappa shape index (κ2) is 6.95. The predicted octanol–water partition coefficient (Wildman–Crippen LogP) is 0.453. The number of rotatable bonds is 6. The van der Waals surface area contributed by atoms with E-state index in [1.807, 2.05) is 12.1 Å². The van der Waals surface area contributed by atoms with Gasteiger partial charge in [-0.25, -0.2) is 5.84 Å². The van der Waals surface area contributed by atoms with Crippen LogP contribution in [0.3, 0.4) is 0 Å². The fourth-order valence-electron chi connectivity index (χ4n) is 1.17. The number of nitrogens with two attached hydrogens (primary N) is 1. The smallest absolute Gasteiger partial charge is 0.265 e. The third kappa shape index (κ3) is 3.98. The van der Waals surface area contributed by atoms with Gasteiger partial charge >= 0.3 is 0 Å². The third-order valence-corrected chi connectivity index (χ3v) is 2.05. The maximum Gasteiger partial charge on any atom is 0.265 e. The molecule has 3 N–H and O–H groups in total. The van der Waals surface area contributed by atoms with Crippen molar-refractivity contribution in [1.29, 1.82) is 0 Å². The third-order valence-electron chi connectivity index (χ3n) is 2.05. The molecule has 5 heteroatoms. The molecule has 0 atom stereocenters. The number of ether oxygens (including phenoxy) is 2. The standard InChI is InChI=1S/C11H16N2O3/c1-15-6-7-16-8-9-2-4-10(5-3-9)11(14)13-12/h2-5H,6-8,12H2,1H3,(H,13,14). The average Bonchev–Trinajstić information content (AvgIpc) is 2.34. The Morgan fingerprint density at radius 3 is 2.56 bits per heavy atom. The molecule has 0 aliphatic rings. The number of benzene rings is 1. The summed E-state index contributed by atoms with van der Waals surface area (Å²) in [5.41, 5.74) is 3.61. The highest BCUT2D eigenvalue weighted by atomic mass is 16.5. The highest BCUT2D eigenvalue weighted by Crippen LogP contribution is 2.05. The molecule has 1 amide bonds. The number of amides is 1. The van der Waals surface area contributed by atoms with E-state index >= 15 is 0 Å². The molecule has 0 spiro atoms. The molecule has 0 heterocycles. The first kappa shape index (κ1) is 12.6. The van der Waals surface area contributed by atoms with Gasteiger partial charge in [0.1, 0.15) is 0 Å². The van der Waals surface area contributed by atoms with Crippen molar-refractivity contribution in [3.63, 3.8) is 0 Å². The maximum absolute atomic E-state index is 11.1. The van der Waals surface area contributed by atoms with E-state index in [0.29, 0.717) is 25.4 Å². The summed E-state index contributed by atoms with van der Waals surface area (Å²) in [4.78, 5) is 11.1. The molecule has 0 unspecified atom stereocenters. The monoisotopic (exact) mass is 224 g/mol. The Morgan fingerprint density at radius 1 is 1.31 bits per heavy atom. The zero-order chi connectivity index (χ0) is 11.8. The summed E-state index contributed by atoms with van der Waals surface area (Å²) in [7, 11) is 1.63. The van der Waals surface area contributed by atoms with E-state index in [2.05, 4.69) is 5.43 Å². The Kier molecular flexibility index (Phi) is 5.49. The summed E-state index contributed by atoms with van der Waals surface area (Å²) in [5, 5.41) is 0. The van der Waals surface area contributed by atoms with Crippen LogP contribution in [0.25, 0.3) is 0 Å². The van der Waals surface area contributed by atoms with Gasteiger partial charge in [-0.1, -0.05) is 12.1 Å². The van der Waals surface area contributed by atoms with Crippen LogP contribution in [0.15, 0.2) is 24.3 Å². The minimum absolute atomic E-state index is 0.299. The fourth-order valence-corrected chi connectivity index (χ4v) is 1.17. The predicted molar refractivity (Wildman–Crippen MR) is 59.6 cm³/mol. The van der Waals surface area contributed by atoms with Crippen molar-refractivity contribution in [1.82, 2.24) is 5.43 Å². The van der Waals surface area contributed by atoms with Gasteiger partial charge < -0.3 is 9.47 Å². The molecular weight excluding hydrogens is 208 g/mol. The number of nitrogens with one attached hydrogen (secondary N) is 1. The van der Waals surface area contributed by atoms with Crippen LogP contribution in [-0.2, 0) is 16.1 Å². The summed E-state index contributed by atoms with van der Waals surface area (Å²) in [5.74, 6) is 4.72. The first-order chi connectivity index (χ1) is 7.77. The lowest BCUT2D eigenvalue weighted by atomic mass is 10.1. The van der Waals surface area contributed by atoms with Gasteiger partial charge in [-0.2, -0.15) is 0 Å². The molecule has 0 bridgehead atoms. The van der Waals surface area contributed by atoms with Gasteiger partial charge in [0, 0.05) is 12.7 Å². The maximum atomic E-state index is 11.1. The Labute approximate surface area is 94.5 Å². The molecule has 0 aliphatic heterocycles. The number of hydrogen-bond donors (Lipinski definition) is 2. The van der Waals surface area contributed by atoms with Crippen molar-refractivity contribution in [3.8, 4) is 0 Å². The SMILES string of the molecule is COCCOCc1ccc(C(=O)NN)cc1. The highest BCUT2D eigenvalue weighted by molar-refractivity contribution is 5.93. The van der Waals surface area contributed by atoms with Crippen molar-refractivity contribution in [2.75, 3.05) is 20.3 Å². The molecule has 0 saturated carbocycles. The molecule has 0 aliphatic carbocycles. The minimum atomic E-state index is -0.299.